The minimum atomic E-state index is -0.304. The molecule has 1 aliphatic rings. The number of amides is 1. The summed E-state index contributed by atoms with van der Waals surface area (Å²) in [5.41, 5.74) is 7.32. The molecule has 1 unspecified atom stereocenters. The number of likely N-dealkylation sites (tertiary alicyclic amines) is 1. The van der Waals surface area contributed by atoms with Crippen molar-refractivity contribution >= 4 is 5.91 Å². The van der Waals surface area contributed by atoms with Gasteiger partial charge in [-0.15, -0.1) is 0 Å². The Labute approximate surface area is 122 Å². The third-order valence-electron chi connectivity index (χ3n) is 3.83. The van der Waals surface area contributed by atoms with Gasteiger partial charge in [0.05, 0.1) is 12.5 Å². The molecule has 110 valence electrons. The quantitative estimate of drug-likeness (QED) is 0.916. The zero-order valence-corrected chi connectivity index (χ0v) is 12.0. The first-order chi connectivity index (χ1) is 10.1. The van der Waals surface area contributed by atoms with E-state index in [0.717, 1.165) is 30.6 Å². The van der Waals surface area contributed by atoms with Crippen LogP contribution in [0.1, 0.15) is 23.8 Å². The van der Waals surface area contributed by atoms with Crippen LogP contribution in [0.25, 0.3) is 11.4 Å². The van der Waals surface area contributed by atoms with Crippen molar-refractivity contribution in [2.45, 2.75) is 19.3 Å². The van der Waals surface area contributed by atoms with Gasteiger partial charge in [0.1, 0.15) is 0 Å². The minimum Gasteiger partial charge on any atom is -0.369 e. The van der Waals surface area contributed by atoms with Crippen LogP contribution in [0.3, 0.4) is 0 Å². The Balaban J connectivity index is 1.74. The normalized spacial score (nSPS) is 19.0. The topological polar surface area (TPSA) is 85.3 Å². The molecule has 2 heterocycles. The molecular weight excluding hydrogens is 268 g/mol. The van der Waals surface area contributed by atoms with Crippen molar-refractivity contribution in [1.82, 2.24) is 15.0 Å². The van der Waals surface area contributed by atoms with E-state index in [9.17, 15) is 4.79 Å². The maximum atomic E-state index is 11.0. The number of carbonyl (C=O) groups excluding carboxylic acids is 1. The second-order valence-corrected chi connectivity index (χ2v) is 5.46. The number of nitrogens with two attached hydrogens (primary N) is 1. The predicted octanol–water partition coefficient (Wildman–Crippen LogP) is 1.32. The molecule has 1 saturated heterocycles. The first-order valence-corrected chi connectivity index (χ1v) is 7.04. The Kier molecular flexibility index (Phi) is 3.70. The number of aromatic nitrogens is 2. The molecule has 1 amide bonds. The lowest BCUT2D eigenvalue weighted by Gasteiger charge is -2.11. The summed E-state index contributed by atoms with van der Waals surface area (Å²) in [6.07, 6.45) is 0.905. The van der Waals surface area contributed by atoms with Gasteiger partial charge in [0.25, 0.3) is 0 Å². The van der Waals surface area contributed by atoms with E-state index < -0.39 is 0 Å². The van der Waals surface area contributed by atoms with Crippen LogP contribution in [0.4, 0.5) is 0 Å². The van der Waals surface area contributed by atoms with Crippen LogP contribution in [0.2, 0.25) is 0 Å². The van der Waals surface area contributed by atoms with Crippen LogP contribution in [0.5, 0.6) is 0 Å². The van der Waals surface area contributed by atoms with Gasteiger partial charge in [0, 0.05) is 12.1 Å². The largest absolute Gasteiger partial charge is 0.369 e. The average molecular weight is 286 g/mol. The number of aryl methyl sites for hydroxylation is 1. The zero-order chi connectivity index (χ0) is 14.8. The van der Waals surface area contributed by atoms with Gasteiger partial charge in [0.2, 0.25) is 17.6 Å². The van der Waals surface area contributed by atoms with Crippen LogP contribution >= 0.6 is 0 Å². The molecule has 6 nitrogen and oxygen atoms in total. The number of nitrogens with zero attached hydrogens (tertiary/aromatic N) is 3. The summed E-state index contributed by atoms with van der Waals surface area (Å²) < 4.78 is 5.41. The molecule has 1 fully saturated rings. The van der Waals surface area contributed by atoms with Crippen LogP contribution in [0.15, 0.2) is 28.8 Å². The van der Waals surface area contributed by atoms with Crippen LogP contribution < -0.4 is 5.73 Å². The summed E-state index contributed by atoms with van der Waals surface area (Å²) in [6.45, 7) is 3.87. The maximum Gasteiger partial charge on any atom is 0.231 e. The fourth-order valence-electron chi connectivity index (χ4n) is 2.73. The molecule has 6 heteroatoms. The van der Waals surface area contributed by atoms with Gasteiger partial charge in [0.15, 0.2) is 0 Å². The van der Waals surface area contributed by atoms with E-state index in [-0.39, 0.29) is 18.4 Å². The lowest BCUT2D eigenvalue weighted by Crippen LogP contribution is -2.31. The number of rotatable bonds is 4. The van der Waals surface area contributed by atoms with Crippen molar-refractivity contribution in [3.05, 3.63) is 35.7 Å². The van der Waals surface area contributed by atoms with Gasteiger partial charge in [-0.25, -0.2) is 0 Å². The van der Waals surface area contributed by atoms with E-state index in [1.54, 1.807) is 0 Å². The SMILES string of the molecule is Cc1ccccc1-c1noc(C2CCN(CC(N)=O)C2)n1. The minimum absolute atomic E-state index is 0.176. The molecule has 0 spiro atoms. The van der Waals surface area contributed by atoms with E-state index >= 15 is 0 Å². The highest BCUT2D eigenvalue weighted by Crippen LogP contribution is 2.28. The fraction of sp³-hybridized carbons (Fsp3) is 0.400. The lowest BCUT2D eigenvalue weighted by molar-refractivity contribution is -0.118. The van der Waals surface area contributed by atoms with Gasteiger partial charge in [-0.3, -0.25) is 9.69 Å². The van der Waals surface area contributed by atoms with Gasteiger partial charge in [-0.1, -0.05) is 29.4 Å². The van der Waals surface area contributed by atoms with Gasteiger partial charge in [-0.05, 0) is 25.5 Å². The van der Waals surface area contributed by atoms with Gasteiger partial charge >= 0.3 is 0 Å². The lowest BCUT2D eigenvalue weighted by atomic mass is 10.1. The van der Waals surface area contributed by atoms with Crippen molar-refractivity contribution in [3.63, 3.8) is 0 Å². The zero-order valence-electron chi connectivity index (χ0n) is 12.0. The number of hydrogen-bond donors (Lipinski definition) is 1. The van der Waals surface area contributed by atoms with E-state index in [0.29, 0.717) is 11.7 Å². The summed E-state index contributed by atoms with van der Waals surface area (Å²) in [7, 11) is 0. The molecule has 2 aromatic rings. The van der Waals surface area contributed by atoms with Crippen molar-refractivity contribution in [2.75, 3.05) is 19.6 Å². The van der Waals surface area contributed by atoms with Gasteiger partial charge < -0.3 is 10.3 Å². The van der Waals surface area contributed by atoms with Crippen molar-refractivity contribution in [2.24, 2.45) is 5.73 Å². The Morgan fingerprint density at radius 2 is 2.29 bits per heavy atom. The molecule has 1 aliphatic heterocycles. The number of hydrogen-bond acceptors (Lipinski definition) is 5. The fourth-order valence-corrected chi connectivity index (χ4v) is 2.73. The summed E-state index contributed by atoms with van der Waals surface area (Å²) in [5.74, 6) is 1.13. The molecule has 0 saturated carbocycles. The van der Waals surface area contributed by atoms with Crippen LogP contribution in [0, 0.1) is 6.92 Å². The van der Waals surface area contributed by atoms with Crippen LogP contribution in [-0.4, -0.2) is 40.6 Å². The van der Waals surface area contributed by atoms with Gasteiger partial charge in [-0.2, -0.15) is 4.98 Å². The van der Waals surface area contributed by atoms with E-state index in [1.807, 2.05) is 36.1 Å². The molecule has 1 atom stereocenters. The second kappa shape index (κ2) is 5.65. The highest BCUT2D eigenvalue weighted by molar-refractivity contribution is 5.75. The highest BCUT2D eigenvalue weighted by atomic mass is 16.5. The molecule has 1 aromatic carbocycles. The predicted molar refractivity (Wildman–Crippen MR) is 77.5 cm³/mol. The Hall–Kier alpha value is -2.21. The van der Waals surface area contributed by atoms with E-state index in [4.69, 9.17) is 10.3 Å². The van der Waals surface area contributed by atoms with E-state index in [1.165, 1.54) is 0 Å². The highest BCUT2D eigenvalue weighted by Gasteiger charge is 2.29. The Bertz CT molecular complexity index is 653. The third kappa shape index (κ3) is 2.95. The first-order valence-electron chi connectivity index (χ1n) is 7.04. The summed E-state index contributed by atoms with van der Waals surface area (Å²) >= 11 is 0. The third-order valence-corrected chi connectivity index (χ3v) is 3.83. The summed E-state index contributed by atoms with van der Waals surface area (Å²) in [5, 5.41) is 4.08. The average Bonchev–Trinajstić information content (AvgIpc) is 3.07. The monoisotopic (exact) mass is 286 g/mol. The first kappa shape index (κ1) is 13.8. The second-order valence-electron chi connectivity index (χ2n) is 5.46. The van der Waals surface area contributed by atoms with E-state index in [2.05, 4.69) is 10.1 Å². The Morgan fingerprint density at radius 3 is 3.05 bits per heavy atom. The number of benzene rings is 1. The smallest absolute Gasteiger partial charge is 0.231 e. The molecule has 3 rings (SSSR count). The molecule has 21 heavy (non-hydrogen) atoms. The molecule has 0 aliphatic carbocycles. The van der Waals surface area contributed by atoms with Crippen molar-refractivity contribution in [3.8, 4) is 11.4 Å². The van der Waals surface area contributed by atoms with Crippen molar-refractivity contribution in [1.29, 1.82) is 0 Å². The molecular formula is C15H18N4O2. The molecule has 0 radical (unpaired) electrons. The number of carbonyl (C=O) groups is 1. The Morgan fingerprint density at radius 1 is 1.48 bits per heavy atom. The maximum absolute atomic E-state index is 11.0. The standard InChI is InChI=1S/C15H18N4O2/c1-10-4-2-3-5-12(10)14-17-15(21-18-14)11-6-7-19(8-11)9-13(16)20/h2-5,11H,6-9H2,1H3,(H2,16,20). The molecule has 0 bridgehead atoms. The molecule has 1 aromatic heterocycles. The van der Waals surface area contributed by atoms with Crippen LogP contribution in [-0.2, 0) is 4.79 Å². The summed E-state index contributed by atoms with van der Waals surface area (Å²) in [6, 6.07) is 7.95. The van der Waals surface area contributed by atoms with Crippen molar-refractivity contribution < 1.29 is 9.32 Å². The molecule has 2 N–H and O–H groups in total. The summed E-state index contributed by atoms with van der Waals surface area (Å²) in [4.78, 5) is 17.5. The number of primary amides is 1.